The van der Waals surface area contributed by atoms with Crippen LogP contribution in [0.5, 0.6) is 5.75 Å². The second-order valence-electron chi connectivity index (χ2n) is 4.55. The summed E-state index contributed by atoms with van der Waals surface area (Å²) in [5, 5.41) is 0. The number of rotatable bonds is 6. The molecular weight excluding hydrogens is 434 g/mol. The molecule has 0 saturated heterocycles. The maximum Gasteiger partial charge on any atom is 0.262 e. The largest absolute Gasteiger partial charge is 0.492 e. The average Bonchev–Trinajstić information content (AvgIpc) is 2.48. The van der Waals surface area contributed by atoms with Crippen molar-refractivity contribution in [2.24, 2.45) is 0 Å². The quantitative estimate of drug-likeness (QED) is 0.690. The molecule has 0 aliphatic heterocycles. The Kier molecular flexibility index (Phi) is 5.88. The first-order chi connectivity index (χ1) is 10.4. The Hall–Kier alpha value is -1.05. The molecule has 1 N–H and O–H groups in total. The molecule has 0 bridgehead atoms. The third-order valence-electron chi connectivity index (χ3n) is 2.77. The molecule has 2 rings (SSSR count). The maximum atomic E-state index is 12.4. The van der Waals surface area contributed by atoms with Gasteiger partial charge in [-0.25, -0.2) is 8.42 Å². The number of ether oxygens (including phenoxy) is 1. The molecule has 0 fully saturated rings. The van der Waals surface area contributed by atoms with Crippen LogP contribution in [-0.4, -0.2) is 15.0 Å². The van der Waals surface area contributed by atoms with E-state index in [-0.39, 0.29) is 4.90 Å². The van der Waals surface area contributed by atoms with Crippen molar-refractivity contribution < 1.29 is 13.2 Å². The molecule has 0 aliphatic carbocycles. The van der Waals surface area contributed by atoms with Gasteiger partial charge in [0, 0.05) is 16.2 Å². The number of nitrogens with one attached hydrogen (secondary N) is 1. The lowest BCUT2D eigenvalue weighted by atomic mass is 10.3. The summed E-state index contributed by atoms with van der Waals surface area (Å²) in [6.07, 6.45) is 0.848. The normalized spacial score (nSPS) is 11.2. The van der Waals surface area contributed by atoms with Crippen LogP contribution < -0.4 is 9.46 Å². The van der Waals surface area contributed by atoms with Crippen molar-refractivity contribution in [1.29, 1.82) is 0 Å². The molecule has 0 saturated carbocycles. The molecular formula is C15H15Br2NO3S. The second kappa shape index (κ2) is 7.48. The Morgan fingerprint density at radius 2 is 1.77 bits per heavy atom. The minimum absolute atomic E-state index is 0.157. The van der Waals surface area contributed by atoms with Gasteiger partial charge in [0.25, 0.3) is 10.0 Å². The SMILES string of the molecule is CCCOc1cc(S(=O)(=O)Nc2ccc(Br)cc2)ccc1Br. The number of hydrogen-bond donors (Lipinski definition) is 1. The van der Waals surface area contributed by atoms with Crippen LogP contribution >= 0.6 is 31.9 Å². The van der Waals surface area contributed by atoms with Gasteiger partial charge < -0.3 is 4.74 Å². The van der Waals surface area contributed by atoms with Crippen LogP contribution in [0.4, 0.5) is 5.69 Å². The molecule has 2 aromatic rings. The Morgan fingerprint density at radius 1 is 1.09 bits per heavy atom. The molecule has 0 aromatic heterocycles. The third kappa shape index (κ3) is 4.47. The summed E-state index contributed by atoms with van der Waals surface area (Å²) in [5.74, 6) is 0.514. The lowest BCUT2D eigenvalue weighted by molar-refractivity contribution is 0.314. The summed E-state index contributed by atoms with van der Waals surface area (Å²) in [7, 11) is -3.66. The van der Waals surface area contributed by atoms with Crippen molar-refractivity contribution >= 4 is 47.6 Å². The zero-order valence-electron chi connectivity index (χ0n) is 11.8. The highest BCUT2D eigenvalue weighted by Gasteiger charge is 2.16. The van der Waals surface area contributed by atoms with Crippen LogP contribution in [0.3, 0.4) is 0 Å². The highest BCUT2D eigenvalue weighted by Crippen LogP contribution is 2.29. The lowest BCUT2D eigenvalue weighted by Gasteiger charge is -2.11. The fourth-order valence-corrected chi connectivity index (χ4v) is 3.40. The topological polar surface area (TPSA) is 55.4 Å². The van der Waals surface area contributed by atoms with Crippen LogP contribution in [0.2, 0.25) is 0 Å². The number of benzene rings is 2. The monoisotopic (exact) mass is 447 g/mol. The molecule has 0 aliphatic rings. The minimum atomic E-state index is -3.66. The number of sulfonamides is 1. The predicted molar refractivity (Wildman–Crippen MR) is 94.9 cm³/mol. The van der Waals surface area contributed by atoms with E-state index < -0.39 is 10.0 Å². The van der Waals surface area contributed by atoms with Gasteiger partial charge in [-0.3, -0.25) is 4.72 Å². The zero-order valence-corrected chi connectivity index (χ0v) is 15.8. The van der Waals surface area contributed by atoms with Gasteiger partial charge in [0.15, 0.2) is 0 Å². The summed E-state index contributed by atoms with van der Waals surface area (Å²) in [4.78, 5) is 0.157. The van der Waals surface area contributed by atoms with Crippen LogP contribution in [0.15, 0.2) is 56.3 Å². The van der Waals surface area contributed by atoms with Gasteiger partial charge in [0.1, 0.15) is 5.75 Å². The first-order valence-electron chi connectivity index (χ1n) is 6.63. The third-order valence-corrected chi connectivity index (χ3v) is 5.33. The summed E-state index contributed by atoms with van der Waals surface area (Å²) >= 11 is 6.67. The fraction of sp³-hybridized carbons (Fsp3) is 0.200. The summed E-state index contributed by atoms with van der Waals surface area (Å²) in [6.45, 7) is 2.52. The van der Waals surface area contributed by atoms with Crippen LogP contribution in [-0.2, 0) is 10.0 Å². The Bertz CT molecular complexity index is 746. The van der Waals surface area contributed by atoms with Gasteiger partial charge in [-0.15, -0.1) is 0 Å². The van der Waals surface area contributed by atoms with Crippen LogP contribution in [0, 0.1) is 0 Å². The Balaban J connectivity index is 2.27. The lowest BCUT2D eigenvalue weighted by Crippen LogP contribution is -2.13. The Labute approximate surface area is 147 Å². The maximum absolute atomic E-state index is 12.4. The molecule has 7 heteroatoms. The molecule has 0 unspecified atom stereocenters. The minimum Gasteiger partial charge on any atom is -0.492 e. The van der Waals surface area contributed by atoms with Crippen LogP contribution in [0.25, 0.3) is 0 Å². The molecule has 0 amide bonds. The van der Waals surface area contributed by atoms with E-state index in [2.05, 4.69) is 36.6 Å². The molecule has 4 nitrogen and oxygen atoms in total. The van der Waals surface area contributed by atoms with Gasteiger partial charge in [0.05, 0.1) is 16.0 Å². The summed E-state index contributed by atoms with van der Waals surface area (Å²) < 4.78 is 34.6. The van der Waals surface area contributed by atoms with Gasteiger partial charge >= 0.3 is 0 Å². The van der Waals surface area contributed by atoms with Crippen molar-refractivity contribution in [3.8, 4) is 5.75 Å². The van der Waals surface area contributed by atoms with Gasteiger partial charge in [0.2, 0.25) is 0 Å². The molecule has 0 spiro atoms. The van der Waals surface area contributed by atoms with Gasteiger partial charge in [-0.05, 0) is 58.7 Å². The standard InChI is InChI=1S/C15H15Br2NO3S/c1-2-9-21-15-10-13(7-8-14(15)17)22(19,20)18-12-5-3-11(16)4-6-12/h3-8,10,18H,2,9H2,1H3. The Morgan fingerprint density at radius 3 is 2.41 bits per heavy atom. The van der Waals surface area contributed by atoms with E-state index in [4.69, 9.17) is 4.74 Å². The molecule has 0 heterocycles. The smallest absolute Gasteiger partial charge is 0.262 e. The van der Waals surface area contributed by atoms with Gasteiger partial charge in [-0.2, -0.15) is 0 Å². The van der Waals surface area contributed by atoms with Crippen molar-refractivity contribution in [2.45, 2.75) is 18.2 Å². The fourth-order valence-electron chi connectivity index (χ4n) is 1.71. The molecule has 22 heavy (non-hydrogen) atoms. The zero-order chi connectivity index (χ0) is 16.2. The summed E-state index contributed by atoms with van der Waals surface area (Å²) in [5.41, 5.74) is 0.502. The van der Waals surface area contributed by atoms with E-state index in [0.29, 0.717) is 18.0 Å². The highest BCUT2D eigenvalue weighted by molar-refractivity contribution is 9.10. The molecule has 0 radical (unpaired) electrons. The average molecular weight is 449 g/mol. The molecule has 2 aromatic carbocycles. The van der Waals surface area contributed by atoms with Gasteiger partial charge in [-0.1, -0.05) is 22.9 Å². The van der Waals surface area contributed by atoms with E-state index in [9.17, 15) is 8.42 Å². The number of hydrogen-bond acceptors (Lipinski definition) is 3. The van der Waals surface area contributed by atoms with Crippen LogP contribution in [0.1, 0.15) is 13.3 Å². The van der Waals surface area contributed by atoms with E-state index in [1.165, 1.54) is 12.1 Å². The number of anilines is 1. The van der Waals surface area contributed by atoms with Crippen molar-refractivity contribution in [3.05, 3.63) is 51.4 Å². The second-order valence-corrected chi connectivity index (χ2v) is 8.01. The molecule has 0 atom stereocenters. The van der Waals surface area contributed by atoms with E-state index in [0.717, 1.165) is 15.4 Å². The first-order valence-corrected chi connectivity index (χ1v) is 9.70. The summed E-state index contributed by atoms with van der Waals surface area (Å²) in [6, 6.07) is 11.6. The number of halogens is 2. The predicted octanol–water partition coefficient (Wildman–Crippen LogP) is 4.80. The van der Waals surface area contributed by atoms with Crippen molar-refractivity contribution in [1.82, 2.24) is 0 Å². The van der Waals surface area contributed by atoms with Crippen molar-refractivity contribution in [2.75, 3.05) is 11.3 Å². The van der Waals surface area contributed by atoms with Crippen molar-refractivity contribution in [3.63, 3.8) is 0 Å². The first kappa shape index (κ1) is 17.3. The van der Waals surface area contributed by atoms with E-state index in [1.807, 2.05) is 6.92 Å². The molecule has 118 valence electrons. The highest BCUT2D eigenvalue weighted by atomic mass is 79.9. The van der Waals surface area contributed by atoms with E-state index >= 15 is 0 Å². The van der Waals surface area contributed by atoms with E-state index in [1.54, 1.807) is 30.3 Å².